The zero-order valence-corrected chi connectivity index (χ0v) is 7.81. The van der Waals surface area contributed by atoms with Crippen LogP contribution in [0.5, 0.6) is 0 Å². The van der Waals surface area contributed by atoms with E-state index in [4.69, 9.17) is 0 Å². The molecule has 0 aromatic carbocycles. The predicted octanol–water partition coefficient (Wildman–Crippen LogP) is 1.69. The lowest BCUT2D eigenvalue weighted by Crippen LogP contribution is -2.16. The fourth-order valence-corrected chi connectivity index (χ4v) is 1.75. The van der Waals surface area contributed by atoms with Gasteiger partial charge in [-0.1, -0.05) is 11.4 Å². The van der Waals surface area contributed by atoms with Crippen molar-refractivity contribution in [3.05, 3.63) is 0 Å². The Morgan fingerprint density at radius 3 is 2.62 bits per heavy atom. The number of rotatable bonds is 4. The molecule has 0 aliphatic heterocycles. The van der Waals surface area contributed by atoms with Gasteiger partial charge in [-0.25, -0.2) is 0 Å². The molecule has 0 aromatic rings. The van der Waals surface area contributed by atoms with Gasteiger partial charge in [0.2, 0.25) is 0 Å². The summed E-state index contributed by atoms with van der Waals surface area (Å²) < 4.78 is 5.12. The summed E-state index contributed by atoms with van der Waals surface area (Å²) in [6.07, 6.45) is 1.26. The lowest BCUT2D eigenvalue weighted by Gasteiger charge is -2.10. The molecule has 0 bridgehead atoms. The largest absolute Gasteiger partial charge is 0.298 e. The van der Waals surface area contributed by atoms with Crippen molar-refractivity contribution in [1.82, 2.24) is 4.90 Å². The van der Waals surface area contributed by atoms with Crippen LogP contribution in [0.3, 0.4) is 0 Å². The van der Waals surface area contributed by atoms with E-state index in [1.807, 2.05) is 0 Å². The maximum atomic E-state index is 3.88. The van der Waals surface area contributed by atoms with Crippen molar-refractivity contribution < 1.29 is 0 Å². The summed E-state index contributed by atoms with van der Waals surface area (Å²) in [7, 11) is 2.16. The Hall–Kier alpha value is 0.560. The summed E-state index contributed by atoms with van der Waals surface area (Å²) >= 11 is 0.231. The predicted molar refractivity (Wildman–Crippen MR) is 48.9 cm³/mol. The van der Waals surface area contributed by atoms with E-state index in [1.165, 1.54) is 17.5 Å². The van der Waals surface area contributed by atoms with E-state index in [-0.39, 0.29) is 20.7 Å². The molecule has 0 N–H and O–H groups in total. The number of nitrogens with zero attached hydrogens (tertiary/aromatic N) is 1. The second kappa shape index (κ2) is 5.69. The topological polar surface area (TPSA) is 3.24 Å². The van der Waals surface area contributed by atoms with Crippen molar-refractivity contribution in [2.75, 3.05) is 18.1 Å². The van der Waals surface area contributed by atoms with Crippen molar-refractivity contribution in [2.45, 2.75) is 13.3 Å². The van der Waals surface area contributed by atoms with Gasteiger partial charge in [0, 0.05) is 4.55 Å². The third-order valence-electron chi connectivity index (χ3n) is 0.894. The average molecular weight is 227 g/mol. The molecule has 0 spiro atoms. The maximum Gasteiger partial charge on any atom is 0.0449 e. The molecule has 0 radical (unpaired) electrons. The molecule has 0 saturated carbocycles. The Bertz CT molecular complexity index is 63.5. The van der Waals surface area contributed by atoms with Crippen LogP contribution in [-0.4, -0.2) is 27.6 Å². The Labute approximate surface area is 61.8 Å². The lowest BCUT2D eigenvalue weighted by molar-refractivity contribution is 0.401. The molecule has 50 valence electrons. The van der Waals surface area contributed by atoms with Crippen molar-refractivity contribution in [3.63, 3.8) is 0 Å². The summed E-state index contributed by atoms with van der Waals surface area (Å²) in [5.74, 6) is 0. The molecule has 0 fully saturated rings. The minimum Gasteiger partial charge on any atom is -0.298 e. The molecule has 0 saturated heterocycles. The van der Waals surface area contributed by atoms with E-state index >= 15 is 0 Å². The molecule has 1 nitrogen and oxygen atoms in total. The normalized spacial score (nSPS) is 10.4. The van der Waals surface area contributed by atoms with Crippen LogP contribution in [0.2, 0.25) is 0 Å². The van der Waals surface area contributed by atoms with Crippen LogP contribution in [0.25, 0.3) is 0 Å². The monoisotopic (exact) mass is 227 g/mol. The van der Waals surface area contributed by atoms with Gasteiger partial charge in [-0.05, 0) is 20.0 Å². The summed E-state index contributed by atoms with van der Waals surface area (Å²) in [5, 5.41) is 0. The highest BCUT2D eigenvalue weighted by Crippen LogP contribution is 1.95. The van der Waals surface area contributed by atoms with Crippen LogP contribution in [0, 0.1) is 0 Å². The first-order valence-corrected chi connectivity index (χ1v) is 5.87. The molecule has 0 aliphatic rings. The zero-order chi connectivity index (χ0) is 6.41. The molecule has 0 rings (SSSR count). The van der Waals surface area contributed by atoms with Gasteiger partial charge in [0.05, 0.1) is 0 Å². The van der Waals surface area contributed by atoms with E-state index in [9.17, 15) is 0 Å². The van der Waals surface area contributed by atoms with Gasteiger partial charge in [0.25, 0.3) is 0 Å². The van der Waals surface area contributed by atoms with Gasteiger partial charge in [0.15, 0.2) is 0 Å². The van der Waals surface area contributed by atoms with Crippen LogP contribution < -0.4 is 0 Å². The molecule has 0 heterocycles. The van der Waals surface area contributed by atoms with E-state index in [0.29, 0.717) is 0 Å². The maximum absolute atomic E-state index is 3.88. The minimum atomic E-state index is 0.231. The van der Waals surface area contributed by atoms with Crippen LogP contribution in [0.4, 0.5) is 0 Å². The molecule has 0 aromatic heterocycles. The second-order valence-corrected chi connectivity index (χ2v) is 3.65. The Morgan fingerprint density at radius 2 is 2.25 bits per heavy atom. The molecular weight excluding hydrogens is 213 g/mol. The highest BCUT2D eigenvalue weighted by atomic mass is 127. The summed E-state index contributed by atoms with van der Waals surface area (Å²) in [6.45, 7) is 3.44. The molecule has 0 unspecified atom stereocenters. The minimum absolute atomic E-state index is 0.231. The van der Waals surface area contributed by atoms with E-state index in [1.54, 1.807) is 0 Å². The average Bonchev–Trinajstić information content (AvgIpc) is 1.68. The number of alkyl halides is 1. The van der Waals surface area contributed by atoms with Gasteiger partial charge in [0.1, 0.15) is 0 Å². The first-order valence-electron chi connectivity index (χ1n) is 2.82. The van der Waals surface area contributed by atoms with Crippen molar-refractivity contribution in [2.24, 2.45) is 0 Å². The third kappa shape index (κ3) is 4.71. The van der Waals surface area contributed by atoms with Gasteiger partial charge < -0.3 is 0 Å². The van der Waals surface area contributed by atoms with Crippen LogP contribution in [0.15, 0.2) is 0 Å². The molecule has 0 aliphatic carbocycles. The number of hydrogen-bond donors (Lipinski definition) is 0. The Kier molecular flexibility index (Phi) is 6.09. The second-order valence-electron chi connectivity index (χ2n) is 1.89. The lowest BCUT2D eigenvalue weighted by atomic mass is 10.5. The van der Waals surface area contributed by atoms with Crippen LogP contribution in [0.1, 0.15) is 13.3 Å². The highest BCUT2D eigenvalue weighted by Gasteiger charge is 1.88. The van der Waals surface area contributed by atoms with Gasteiger partial charge in [-0.2, -0.15) is 0 Å². The molecule has 2 heteroatoms. The molecule has 0 amide bonds. The number of hydrogen-bond acceptors (Lipinski definition) is 1. The summed E-state index contributed by atoms with van der Waals surface area (Å²) in [5.41, 5.74) is 0. The number of halogens is 1. The fraction of sp³-hybridized carbons (Fsp3) is 0.833. The van der Waals surface area contributed by atoms with Crippen LogP contribution >= 0.6 is 20.7 Å². The molecule has 8 heavy (non-hydrogen) atoms. The van der Waals surface area contributed by atoms with E-state index in [0.717, 1.165) is 0 Å². The summed E-state index contributed by atoms with van der Waals surface area (Å²) in [6, 6.07) is 0. The van der Waals surface area contributed by atoms with Crippen molar-refractivity contribution >= 4 is 25.2 Å². The van der Waals surface area contributed by atoms with E-state index < -0.39 is 0 Å². The van der Waals surface area contributed by atoms with E-state index in [2.05, 4.69) is 23.4 Å². The Morgan fingerprint density at radius 1 is 1.62 bits per heavy atom. The van der Waals surface area contributed by atoms with Crippen molar-refractivity contribution in [3.8, 4) is 0 Å². The Balaban J connectivity index is 3.03. The third-order valence-corrected chi connectivity index (χ3v) is 2.54. The first-order chi connectivity index (χ1) is 3.81. The highest BCUT2D eigenvalue weighted by molar-refractivity contribution is 14.2. The summed E-state index contributed by atoms with van der Waals surface area (Å²) in [4.78, 5) is 2.35. The van der Waals surface area contributed by atoms with Crippen LogP contribution in [-0.2, 0) is 0 Å². The SMILES string of the molecule is C=ICN(C)CCC. The molecular formula is C6H14IN. The van der Waals surface area contributed by atoms with Gasteiger partial charge >= 0.3 is 0 Å². The molecule has 0 atom stereocenters. The standard InChI is InChI=1S/C6H14IN/c1-4-5-8(3)6-7-2/h2,4-6H2,1,3H3. The van der Waals surface area contributed by atoms with Crippen molar-refractivity contribution in [1.29, 1.82) is 0 Å². The van der Waals surface area contributed by atoms with Gasteiger partial charge in [-0.15, -0.1) is 20.7 Å². The fourth-order valence-electron chi connectivity index (χ4n) is 0.586. The quantitative estimate of drug-likeness (QED) is 0.401. The first kappa shape index (κ1) is 8.56. The zero-order valence-electron chi connectivity index (χ0n) is 5.65. The van der Waals surface area contributed by atoms with Gasteiger partial charge in [-0.3, -0.25) is 4.90 Å². The smallest absolute Gasteiger partial charge is 0.0449 e.